The van der Waals surface area contributed by atoms with Crippen molar-refractivity contribution >= 4 is 46.4 Å². The number of nitrogens with one attached hydrogen (secondary N) is 2. The number of anilines is 2. The van der Waals surface area contributed by atoms with E-state index in [0.717, 1.165) is 12.8 Å². The van der Waals surface area contributed by atoms with Gasteiger partial charge in [-0.3, -0.25) is 14.2 Å². The summed E-state index contributed by atoms with van der Waals surface area (Å²) in [4.78, 5) is 63.2. The van der Waals surface area contributed by atoms with Crippen molar-refractivity contribution in [2.45, 2.75) is 51.1 Å². The molecule has 4 N–H and O–H groups in total. The molecule has 1 aliphatic heterocycles. The second-order valence-electron chi connectivity index (χ2n) is 11.1. The minimum atomic E-state index is -0.785. The van der Waals surface area contributed by atoms with Crippen LogP contribution in [0.25, 0.3) is 11.0 Å². The van der Waals surface area contributed by atoms with Crippen LogP contribution < -0.4 is 21.3 Å². The standard InChI is InChI=1S/C31H39N9O5/c1-20-12-16-39(26(41)11-15-33)18-25(20)38(2)27-23-13-17-40(28(23)35-19-34-27)31(44)36-22-9-7-21(8-10-22)29(42)37-24(30(43)45-3)6-4-5-14-32/h7-10,13,17,19-20,24-25H,4-6,11-12,14,16,18,32H2,1-3H3,(H,36,44)(H,37,42)/t20-,24+,25?/m1/s1. The third-order valence-electron chi connectivity index (χ3n) is 8.15. The molecule has 45 heavy (non-hydrogen) atoms. The molecule has 1 aromatic carbocycles. The summed E-state index contributed by atoms with van der Waals surface area (Å²) in [7, 11) is 3.18. The highest BCUT2D eigenvalue weighted by atomic mass is 16.5. The summed E-state index contributed by atoms with van der Waals surface area (Å²) in [5, 5.41) is 15.1. The van der Waals surface area contributed by atoms with E-state index in [0.29, 0.717) is 60.6 Å². The molecule has 4 rings (SSSR count). The number of hydrogen-bond acceptors (Lipinski definition) is 10. The lowest BCUT2D eigenvalue weighted by Crippen LogP contribution is -2.52. The van der Waals surface area contributed by atoms with Gasteiger partial charge in [0, 0.05) is 37.6 Å². The van der Waals surface area contributed by atoms with Crippen molar-refractivity contribution in [3.63, 3.8) is 0 Å². The number of unbranched alkanes of at least 4 members (excludes halogenated alkanes) is 1. The van der Waals surface area contributed by atoms with Crippen molar-refractivity contribution in [3.05, 3.63) is 48.4 Å². The molecule has 0 bridgehead atoms. The fourth-order valence-electron chi connectivity index (χ4n) is 5.51. The maximum absolute atomic E-state index is 13.3. The van der Waals surface area contributed by atoms with E-state index >= 15 is 0 Å². The van der Waals surface area contributed by atoms with Crippen molar-refractivity contribution in [3.8, 4) is 6.07 Å². The SMILES string of the molecule is COC(=O)[C@H](CCCCN)NC(=O)c1ccc(NC(=O)n2ccc3c(N(C)C4CN(C(=O)CC#N)CC[C@H]4C)ncnc32)cc1. The molecule has 1 saturated heterocycles. The number of likely N-dealkylation sites (N-methyl/N-ethyl adjacent to an activating group) is 1. The maximum atomic E-state index is 13.3. The van der Waals surface area contributed by atoms with Gasteiger partial charge >= 0.3 is 12.0 Å². The maximum Gasteiger partial charge on any atom is 0.331 e. The van der Waals surface area contributed by atoms with Gasteiger partial charge < -0.3 is 30.9 Å². The Kier molecular flexibility index (Phi) is 11.0. The zero-order valence-corrected chi connectivity index (χ0v) is 25.7. The number of nitrogens with two attached hydrogens (primary N) is 1. The van der Waals surface area contributed by atoms with E-state index in [1.807, 2.05) is 18.0 Å². The molecule has 238 valence electrons. The molecule has 3 aromatic rings. The summed E-state index contributed by atoms with van der Waals surface area (Å²) in [6, 6.07) is 8.72. The number of hydrogen-bond donors (Lipinski definition) is 3. The molecule has 1 fully saturated rings. The smallest absolute Gasteiger partial charge is 0.331 e. The first-order valence-electron chi connectivity index (χ1n) is 14.9. The number of nitrogens with zero attached hydrogens (tertiary/aromatic N) is 6. The highest BCUT2D eigenvalue weighted by Gasteiger charge is 2.33. The molecule has 0 aliphatic carbocycles. The number of nitriles is 1. The highest BCUT2D eigenvalue weighted by molar-refractivity contribution is 6.01. The minimum absolute atomic E-state index is 0.0405. The van der Waals surface area contributed by atoms with Crippen LogP contribution in [0.2, 0.25) is 0 Å². The van der Waals surface area contributed by atoms with E-state index in [-0.39, 0.29) is 24.3 Å². The number of benzene rings is 1. The van der Waals surface area contributed by atoms with Crippen molar-refractivity contribution in [1.29, 1.82) is 5.26 Å². The van der Waals surface area contributed by atoms with E-state index in [1.54, 1.807) is 41.4 Å². The third kappa shape index (κ3) is 7.74. The summed E-state index contributed by atoms with van der Waals surface area (Å²) in [6.07, 6.45) is 5.46. The highest BCUT2D eigenvalue weighted by Crippen LogP contribution is 2.30. The Hall–Kier alpha value is -5.03. The molecule has 1 aliphatic rings. The van der Waals surface area contributed by atoms with Gasteiger partial charge in [-0.25, -0.2) is 19.6 Å². The number of fused-ring (bicyclic) bond motifs is 1. The Morgan fingerprint density at radius 1 is 1.18 bits per heavy atom. The number of methoxy groups -OCH3 is 1. The van der Waals surface area contributed by atoms with Crippen LogP contribution in [0.4, 0.5) is 16.3 Å². The quantitative estimate of drug-likeness (QED) is 0.213. The number of ether oxygens (including phenoxy) is 1. The van der Waals surface area contributed by atoms with Gasteiger partial charge in [0.1, 0.15) is 24.6 Å². The lowest BCUT2D eigenvalue weighted by Gasteiger charge is -2.42. The molecule has 14 heteroatoms. The van der Waals surface area contributed by atoms with E-state index in [1.165, 1.54) is 18.0 Å². The fraction of sp³-hybridized carbons (Fsp3) is 0.452. The van der Waals surface area contributed by atoms with Crippen molar-refractivity contribution in [1.82, 2.24) is 24.8 Å². The predicted octanol–water partition coefficient (Wildman–Crippen LogP) is 2.50. The molecule has 3 amide bonds. The van der Waals surface area contributed by atoms with E-state index in [4.69, 9.17) is 15.7 Å². The molecular weight excluding hydrogens is 578 g/mol. The van der Waals surface area contributed by atoms with Gasteiger partial charge in [-0.1, -0.05) is 6.92 Å². The minimum Gasteiger partial charge on any atom is -0.467 e. The van der Waals surface area contributed by atoms with Crippen LogP contribution in [-0.2, 0) is 14.3 Å². The number of piperidine rings is 1. The summed E-state index contributed by atoms with van der Waals surface area (Å²) in [5.74, 6) is -0.255. The Balaban J connectivity index is 1.45. The first kappa shape index (κ1) is 32.9. The Bertz CT molecular complexity index is 1570. The summed E-state index contributed by atoms with van der Waals surface area (Å²) in [6.45, 7) is 3.69. The second kappa shape index (κ2) is 15.1. The number of likely N-dealkylation sites (tertiary alicyclic amines) is 1. The molecular formula is C31H39N9O5. The van der Waals surface area contributed by atoms with Crippen LogP contribution in [0.3, 0.4) is 0 Å². The number of carbonyl (C=O) groups excluding carboxylic acids is 4. The molecule has 0 saturated carbocycles. The molecule has 0 radical (unpaired) electrons. The zero-order chi connectivity index (χ0) is 32.5. The van der Waals surface area contributed by atoms with Crippen LogP contribution in [0.1, 0.15) is 49.4 Å². The Morgan fingerprint density at radius 2 is 1.93 bits per heavy atom. The largest absolute Gasteiger partial charge is 0.467 e. The number of rotatable bonds is 11. The Labute approximate surface area is 261 Å². The molecule has 3 atom stereocenters. The zero-order valence-electron chi connectivity index (χ0n) is 25.7. The number of aromatic nitrogens is 3. The summed E-state index contributed by atoms with van der Waals surface area (Å²) < 4.78 is 6.19. The molecule has 1 unspecified atom stereocenters. The molecule has 2 aromatic heterocycles. The van der Waals surface area contributed by atoms with Crippen LogP contribution in [0.5, 0.6) is 0 Å². The van der Waals surface area contributed by atoms with Gasteiger partial charge in [0.2, 0.25) is 5.91 Å². The van der Waals surface area contributed by atoms with E-state index in [2.05, 4.69) is 27.5 Å². The average molecular weight is 618 g/mol. The predicted molar refractivity (Wildman–Crippen MR) is 167 cm³/mol. The second-order valence-corrected chi connectivity index (χ2v) is 11.1. The molecule has 3 heterocycles. The monoisotopic (exact) mass is 617 g/mol. The average Bonchev–Trinajstić information content (AvgIpc) is 3.49. The van der Waals surface area contributed by atoms with Crippen LogP contribution in [0, 0.1) is 17.2 Å². The van der Waals surface area contributed by atoms with Crippen LogP contribution in [0.15, 0.2) is 42.9 Å². The number of carbonyl (C=O) groups is 4. The topological polar surface area (TPSA) is 189 Å². The van der Waals surface area contributed by atoms with Gasteiger partial charge in [-0.05, 0) is 68.5 Å². The normalized spacial score (nSPS) is 16.8. The van der Waals surface area contributed by atoms with E-state index in [9.17, 15) is 19.2 Å². The van der Waals surface area contributed by atoms with Crippen molar-refractivity contribution in [2.24, 2.45) is 11.7 Å². The van der Waals surface area contributed by atoms with Gasteiger partial charge in [0.05, 0.1) is 24.6 Å². The lowest BCUT2D eigenvalue weighted by atomic mass is 9.92. The first-order valence-corrected chi connectivity index (χ1v) is 14.9. The number of amides is 3. The first-order chi connectivity index (χ1) is 21.7. The van der Waals surface area contributed by atoms with Gasteiger partial charge in [-0.15, -0.1) is 0 Å². The van der Waals surface area contributed by atoms with Gasteiger partial charge in [0.25, 0.3) is 5.91 Å². The summed E-state index contributed by atoms with van der Waals surface area (Å²) >= 11 is 0. The lowest BCUT2D eigenvalue weighted by molar-refractivity contribution is -0.143. The van der Waals surface area contributed by atoms with Crippen LogP contribution >= 0.6 is 0 Å². The summed E-state index contributed by atoms with van der Waals surface area (Å²) in [5.41, 5.74) is 6.71. The fourth-order valence-corrected chi connectivity index (χ4v) is 5.51. The molecule has 14 nitrogen and oxygen atoms in total. The third-order valence-corrected chi connectivity index (χ3v) is 8.15. The van der Waals surface area contributed by atoms with Gasteiger partial charge in [-0.2, -0.15) is 5.26 Å². The van der Waals surface area contributed by atoms with Crippen LogP contribution in [-0.4, -0.2) is 89.1 Å². The van der Waals surface area contributed by atoms with Crippen molar-refractivity contribution < 1.29 is 23.9 Å². The van der Waals surface area contributed by atoms with Crippen molar-refractivity contribution in [2.75, 3.05) is 44.0 Å². The Morgan fingerprint density at radius 3 is 2.62 bits per heavy atom. The molecule has 0 spiro atoms. The number of esters is 1. The van der Waals surface area contributed by atoms with Gasteiger partial charge in [0.15, 0.2) is 5.65 Å². The van der Waals surface area contributed by atoms with E-state index < -0.39 is 23.9 Å².